The molecule has 6 heteroatoms. The Morgan fingerprint density at radius 3 is 2.54 bits per heavy atom. The van der Waals surface area contributed by atoms with Crippen molar-refractivity contribution in [1.82, 2.24) is 0 Å². The van der Waals surface area contributed by atoms with Crippen molar-refractivity contribution in [1.29, 1.82) is 0 Å². The number of halogens is 1. The summed E-state index contributed by atoms with van der Waals surface area (Å²) in [6.45, 7) is 5.05. The lowest BCUT2D eigenvalue weighted by molar-refractivity contribution is -0.193. The van der Waals surface area contributed by atoms with E-state index in [2.05, 4.69) is 30.9 Å². The smallest absolute Gasteiger partial charge is 0.158 e. The second kappa shape index (κ2) is 13.4. The summed E-state index contributed by atoms with van der Waals surface area (Å²) in [5.41, 5.74) is 0.781. The third-order valence-electron chi connectivity index (χ3n) is 8.17. The van der Waals surface area contributed by atoms with E-state index in [9.17, 15) is 9.50 Å². The lowest BCUT2D eigenvalue weighted by Crippen LogP contribution is -2.32. The summed E-state index contributed by atoms with van der Waals surface area (Å²) in [5.74, 6) is 6.93. The Morgan fingerprint density at radius 1 is 1.14 bits per heavy atom. The SMILES string of the molecule is CC#CC[C@H](C)[C@@H](/C=C\[C@@H]1[C@H]2CC(=C(F)CO)C[C@H]2C[C@H]1OC1CCCCO1)OC1CCCCO1. The molecule has 2 aliphatic heterocycles. The van der Waals surface area contributed by atoms with Gasteiger partial charge in [0.05, 0.1) is 18.8 Å². The summed E-state index contributed by atoms with van der Waals surface area (Å²) in [4.78, 5) is 0. The molecule has 4 aliphatic rings. The zero-order valence-electron chi connectivity index (χ0n) is 21.4. The molecular weight excluding hydrogens is 447 g/mol. The minimum Gasteiger partial charge on any atom is -0.389 e. The van der Waals surface area contributed by atoms with Crippen LogP contribution in [0.25, 0.3) is 0 Å². The first-order valence-corrected chi connectivity index (χ1v) is 13.7. The topological polar surface area (TPSA) is 57.2 Å². The molecule has 0 bridgehead atoms. The molecule has 2 unspecified atom stereocenters. The van der Waals surface area contributed by atoms with Gasteiger partial charge in [0.25, 0.3) is 0 Å². The van der Waals surface area contributed by atoms with Crippen LogP contribution >= 0.6 is 0 Å². The maximum absolute atomic E-state index is 14.3. The Morgan fingerprint density at radius 2 is 1.89 bits per heavy atom. The highest BCUT2D eigenvalue weighted by Gasteiger charge is 2.48. The van der Waals surface area contributed by atoms with Crippen LogP contribution in [0.1, 0.15) is 78.1 Å². The van der Waals surface area contributed by atoms with Gasteiger partial charge in [0, 0.05) is 25.6 Å². The Balaban J connectivity index is 1.51. The monoisotopic (exact) mass is 490 g/mol. The summed E-state index contributed by atoms with van der Waals surface area (Å²) in [6, 6.07) is 0. The summed E-state index contributed by atoms with van der Waals surface area (Å²) in [6.07, 6.45) is 13.4. The molecule has 0 aromatic rings. The molecule has 0 radical (unpaired) electrons. The van der Waals surface area contributed by atoms with Crippen molar-refractivity contribution in [2.75, 3.05) is 19.8 Å². The van der Waals surface area contributed by atoms with Crippen LogP contribution in [0.3, 0.4) is 0 Å². The van der Waals surface area contributed by atoms with Crippen LogP contribution in [0, 0.1) is 35.5 Å². The quantitative estimate of drug-likeness (QED) is 0.333. The number of allylic oxidation sites excluding steroid dienone is 1. The molecule has 0 aromatic heterocycles. The van der Waals surface area contributed by atoms with Gasteiger partial charge in [-0.05, 0) is 88.0 Å². The summed E-state index contributed by atoms with van der Waals surface area (Å²) in [5, 5.41) is 9.33. The number of hydrogen-bond donors (Lipinski definition) is 1. The average Bonchev–Trinajstić information content (AvgIpc) is 3.44. The average molecular weight is 491 g/mol. The van der Waals surface area contributed by atoms with Crippen molar-refractivity contribution in [3.63, 3.8) is 0 Å². The molecule has 2 saturated heterocycles. The molecular formula is C29H43FO5. The predicted octanol–water partition coefficient (Wildman–Crippen LogP) is 5.68. The minimum absolute atomic E-state index is 0.0559. The van der Waals surface area contributed by atoms with E-state index in [4.69, 9.17) is 18.9 Å². The number of fused-ring (bicyclic) bond motifs is 1. The maximum Gasteiger partial charge on any atom is 0.158 e. The maximum atomic E-state index is 14.3. The molecule has 0 amide bonds. The largest absolute Gasteiger partial charge is 0.389 e. The Labute approximate surface area is 210 Å². The van der Waals surface area contributed by atoms with E-state index < -0.39 is 6.61 Å². The van der Waals surface area contributed by atoms with E-state index in [-0.39, 0.29) is 42.5 Å². The number of hydrogen-bond acceptors (Lipinski definition) is 5. The molecule has 4 fully saturated rings. The summed E-state index contributed by atoms with van der Waals surface area (Å²) >= 11 is 0. The highest BCUT2D eigenvalue weighted by Crippen LogP contribution is 2.52. The van der Waals surface area contributed by atoms with Gasteiger partial charge < -0.3 is 24.1 Å². The van der Waals surface area contributed by atoms with Gasteiger partial charge >= 0.3 is 0 Å². The lowest BCUT2D eigenvalue weighted by Gasteiger charge is -2.31. The van der Waals surface area contributed by atoms with Crippen LogP contribution in [0.4, 0.5) is 4.39 Å². The number of ether oxygens (including phenoxy) is 4. The Kier molecular flexibility index (Phi) is 10.2. The third kappa shape index (κ3) is 7.17. The molecule has 0 aromatic carbocycles. The Bertz CT molecular complexity index is 787. The van der Waals surface area contributed by atoms with E-state index >= 15 is 0 Å². The van der Waals surface area contributed by atoms with E-state index in [0.717, 1.165) is 70.2 Å². The number of aliphatic hydroxyl groups is 1. The second-order valence-corrected chi connectivity index (χ2v) is 10.7. The summed E-state index contributed by atoms with van der Waals surface area (Å²) in [7, 11) is 0. The van der Waals surface area contributed by atoms with Crippen LogP contribution in [0.5, 0.6) is 0 Å². The molecule has 1 N–H and O–H groups in total. The molecule has 5 nitrogen and oxygen atoms in total. The van der Waals surface area contributed by atoms with Crippen molar-refractivity contribution in [3.8, 4) is 11.8 Å². The number of rotatable bonds is 9. The standard InChI is InChI=1S/C29H43FO5/c1-3-4-9-20(2)26(34-28-10-5-7-14-32-28)13-12-23-24-17-22(25(30)19-31)16-21(24)18-27(23)35-29-11-6-8-15-33-29/h12-13,20-21,23-24,26-29,31H,5-11,14-19H2,1-2H3/b13-12-,25-22?/t20-,21-,23+,24-,26+,27+,28?,29?/m0/s1. The molecule has 35 heavy (non-hydrogen) atoms. The van der Waals surface area contributed by atoms with Crippen molar-refractivity contribution < 1.29 is 28.4 Å². The predicted molar refractivity (Wildman–Crippen MR) is 133 cm³/mol. The molecule has 2 heterocycles. The third-order valence-corrected chi connectivity index (χ3v) is 8.17. The molecule has 2 aliphatic carbocycles. The van der Waals surface area contributed by atoms with Gasteiger partial charge in [-0.1, -0.05) is 19.1 Å². The zero-order valence-corrected chi connectivity index (χ0v) is 21.4. The van der Waals surface area contributed by atoms with Crippen molar-refractivity contribution >= 4 is 0 Å². The fraction of sp³-hybridized carbons (Fsp3) is 0.793. The highest BCUT2D eigenvalue weighted by molar-refractivity contribution is 5.21. The molecule has 8 atom stereocenters. The van der Waals surface area contributed by atoms with E-state index in [1.807, 2.05) is 6.92 Å². The van der Waals surface area contributed by atoms with E-state index in [1.165, 1.54) is 0 Å². The van der Waals surface area contributed by atoms with Crippen molar-refractivity contribution in [2.24, 2.45) is 23.7 Å². The first-order chi connectivity index (χ1) is 17.1. The van der Waals surface area contributed by atoms with Gasteiger partial charge in [-0.3, -0.25) is 0 Å². The normalized spacial score (nSPS) is 36.5. The molecule has 196 valence electrons. The first-order valence-electron chi connectivity index (χ1n) is 13.7. The van der Waals surface area contributed by atoms with Gasteiger partial charge in [0.2, 0.25) is 0 Å². The van der Waals surface area contributed by atoms with E-state index in [1.54, 1.807) is 0 Å². The lowest BCUT2D eigenvalue weighted by atomic mass is 9.89. The fourth-order valence-corrected chi connectivity index (χ4v) is 6.18. The van der Waals surface area contributed by atoms with Crippen LogP contribution in [0.2, 0.25) is 0 Å². The number of aliphatic hydroxyl groups excluding tert-OH is 1. The van der Waals surface area contributed by atoms with Crippen LogP contribution in [-0.2, 0) is 18.9 Å². The minimum atomic E-state index is -0.502. The van der Waals surface area contributed by atoms with Gasteiger partial charge in [0.15, 0.2) is 12.6 Å². The fourth-order valence-electron chi connectivity index (χ4n) is 6.18. The van der Waals surface area contributed by atoms with Crippen LogP contribution < -0.4 is 0 Å². The van der Waals surface area contributed by atoms with Gasteiger partial charge in [-0.15, -0.1) is 11.8 Å². The van der Waals surface area contributed by atoms with Gasteiger partial charge in [-0.25, -0.2) is 4.39 Å². The first kappa shape index (κ1) is 26.8. The van der Waals surface area contributed by atoms with Gasteiger partial charge in [0.1, 0.15) is 5.83 Å². The molecule has 4 rings (SSSR count). The Hall–Kier alpha value is -1.23. The van der Waals surface area contributed by atoms with Gasteiger partial charge in [-0.2, -0.15) is 0 Å². The van der Waals surface area contributed by atoms with E-state index in [0.29, 0.717) is 24.7 Å². The zero-order chi connectivity index (χ0) is 24.6. The summed E-state index contributed by atoms with van der Waals surface area (Å²) < 4.78 is 39.0. The van der Waals surface area contributed by atoms with Crippen LogP contribution in [0.15, 0.2) is 23.6 Å². The second-order valence-electron chi connectivity index (χ2n) is 10.7. The highest BCUT2D eigenvalue weighted by atomic mass is 19.1. The van der Waals surface area contributed by atoms with Crippen molar-refractivity contribution in [2.45, 2.75) is 103 Å². The van der Waals surface area contributed by atoms with Crippen molar-refractivity contribution in [3.05, 3.63) is 23.6 Å². The molecule has 0 spiro atoms. The molecule has 2 saturated carbocycles. The van der Waals surface area contributed by atoms with Crippen LogP contribution in [-0.4, -0.2) is 49.7 Å².